The second-order valence-corrected chi connectivity index (χ2v) is 8.09. The van der Waals surface area contributed by atoms with Gasteiger partial charge < -0.3 is 21.1 Å². The SMILES string of the molecule is CC1(C)CC(NC(=O)N[C@H](CCO)c2ccccc2)CC(C)(C)N1. The molecule has 1 aliphatic heterocycles. The standard InChI is InChI=1S/C19H31N3O2/c1-18(2)12-15(13-19(3,4)22-18)20-17(24)21-16(10-11-23)14-8-6-5-7-9-14/h5-9,15-16,22-23H,10-13H2,1-4H3,(H2,20,21,24)/t16-/m1/s1. The fourth-order valence-electron chi connectivity index (χ4n) is 3.95. The van der Waals surface area contributed by atoms with E-state index >= 15 is 0 Å². The molecule has 1 aromatic rings. The highest BCUT2D eigenvalue weighted by Gasteiger charge is 2.38. The first-order valence-corrected chi connectivity index (χ1v) is 8.73. The van der Waals surface area contributed by atoms with E-state index in [1.165, 1.54) is 0 Å². The van der Waals surface area contributed by atoms with Crippen molar-refractivity contribution in [3.05, 3.63) is 35.9 Å². The molecule has 0 saturated carbocycles. The molecule has 24 heavy (non-hydrogen) atoms. The lowest BCUT2D eigenvalue weighted by Crippen LogP contribution is -2.62. The minimum atomic E-state index is -0.182. The summed E-state index contributed by atoms with van der Waals surface area (Å²) in [6.45, 7) is 8.70. The summed E-state index contributed by atoms with van der Waals surface area (Å²) in [6.07, 6.45) is 2.28. The molecule has 0 bridgehead atoms. The highest BCUT2D eigenvalue weighted by molar-refractivity contribution is 5.74. The van der Waals surface area contributed by atoms with Crippen molar-refractivity contribution in [2.45, 2.75) is 70.1 Å². The van der Waals surface area contributed by atoms with Gasteiger partial charge >= 0.3 is 6.03 Å². The van der Waals surface area contributed by atoms with Crippen LogP contribution in [-0.4, -0.2) is 34.9 Å². The Kier molecular flexibility index (Phi) is 5.88. The van der Waals surface area contributed by atoms with E-state index in [9.17, 15) is 9.90 Å². The van der Waals surface area contributed by atoms with Crippen LogP contribution < -0.4 is 16.0 Å². The number of benzene rings is 1. The number of rotatable bonds is 5. The predicted octanol–water partition coefficient (Wildman–Crippen LogP) is 2.72. The van der Waals surface area contributed by atoms with Crippen LogP contribution in [0.4, 0.5) is 4.79 Å². The van der Waals surface area contributed by atoms with Crippen LogP contribution in [0.25, 0.3) is 0 Å². The predicted molar refractivity (Wildman–Crippen MR) is 96.9 cm³/mol. The fraction of sp³-hybridized carbons (Fsp3) is 0.632. The average molecular weight is 333 g/mol. The molecule has 134 valence electrons. The normalized spacial score (nSPS) is 21.0. The fourth-order valence-corrected chi connectivity index (χ4v) is 3.95. The summed E-state index contributed by atoms with van der Waals surface area (Å²) in [5.74, 6) is 0. The zero-order chi connectivity index (χ0) is 17.8. The van der Waals surface area contributed by atoms with Gasteiger partial charge in [0.15, 0.2) is 0 Å². The number of aliphatic hydroxyl groups is 1. The number of aliphatic hydroxyl groups excluding tert-OH is 1. The van der Waals surface area contributed by atoms with Crippen molar-refractivity contribution in [1.29, 1.82) is 0 Å². The van der Waals surface area contributed by atoms with Gasteiger partial charge in [-0.2, -0.15) is 0 Å². The van der Waals surface area contributed by atoms with Gasteiger partial charge in [-0.25, -0.2) is 4.79 Å². The lowest BCUT2D eigenvalue weighted by Gasteiger charge is -2.46. The van der Waals surface area contributed by atoms with E-state index < -0.39 is 0 Å². The van der Waals surface area contributed by atoms with Gasteiger partial charge in [-0.1, -0.05) is 30.3 Å². The maximum absolute atomic E-state index is 12.5. The number of hydrogen-bond donors (Lipinski definition) is 4. The summed E-state index contributed by atoms with van der Waals surface area (Å²) in [5, 5.41) is 19.0. The molecule has 0 spiro atoms. The largest absolute Gasteiger partial charge is 0.396 e. The minimum absolute atomic E-state index is 0.0103. The van der Waals surface area contributed by atoms with Gasteiger partial charge in [0, 0.05) is 23.7 Å². The Labute approximate surface area is 145 Å². The third-order valence-corrected chi connectivity index (χ3v) is 4.45. The van der Waals surface area contributed by atoms with Crippen LogP contribution in [0.3, 0.4) is 0 Å². The Morgan fingerprint density at radius 1 is 1.21 bits per heavy atom. The summed E-state index contributed by atoms with van der Waals surface area (Å²) in [4.78, 5) is 12.5. The molecule has 1 aliphatic rings. The zero-order valence-electron chi connectivity index (χ0n) is 15.2. The van der Waals surface area contributed by atoms with E-state index in [0.29, 0.717) is 6.42 Å². The second kappa shape index (κ2) is 7.53. The summed E-state index contributed by atoms with van der Waals surface area (Å²) in [6, 6.07) is 9.54. The number of urea groups is 1. The van der Waals surface area contributed by atoms with Crippen LogP contribution in [0.15, 0.2) is 30.3 Å². The van der Waals surface area contributed by atoms with Crippen molar-refractivity contribution >= 4 is 6.03 Å². The molecule has 0 aliphatic carbocycles. The summed E-state index contributed by atoms with van der Waals surface area (Å²) < 4.78 is 0. The first-order chi connectivity index (χ1) is 11.2. The number of piperidine rings is 1. The number of amides is 2. The van der Waals surface area contributed by atoms with E-state index in [4.69, 9.17) is 0 Å². The van der Waals surface area contributed by atoms with Crippen LogP contribution in [-0.2, 0) is 0 Å². The van der Waals surface area contributed by atoms with Gasteiger partial charge in [0.1, 0.15) is 0 Å². The quantitative estimate of drug-likeness (QED) is 0.669. The van der Waals surface area contributed by atoms with Crippen molar-refractivity contribution < 1.29 is 9.90 Å². The third-order valence-electron chi connectivity index (χ3n) is 4.45. The number of carbonyl (C=O) groups is 1. The molecule has 0 aromatic heterocycles. The van der Waals surface area contributed by atoms with Gasteiger partial charge in [-0.3, -0.25) is 0 Å². The van der Waals surface area contributed by atoms with E-state index in [-0.39, 0.29) is 35.8 Å². The molecule has 0 radical (unpaired) electrons. The first-order valence-electron chi connectivity index (χ1n) is 8.73. The van der Waals surface area contributed by atoms with Gasteiger partial charge in [-0.05, 0) is 52.5 Å². The molecule has 4 N–H and O–H groups in total. The van der Waals surface area contributed by atoms with Crippen LogP contribution in [0.2, 0.25) is 0 Å². The molecule has 1 saturated heterocycles. The van der Waals surface area contributed by atoms with Crippen molar-refractivity contribution in [3.63, 3.8) is 0 Å². The molecule has 2 rings (SSSR count). The first kappa shape index (κ1) is 18.7. The topological polar surface area (TPSA) is 73.4 Å². The zero-order valence-corrected chi connectivity index (χ0v) is 15.2. The van der Waals surface area contributed by atoms with E-state index in [0.717, 1.165) is 18.4 Å². The van der Waals surface area contributed by atoms with Crippen molar-refractivity contribution in [3.8, 4) is 0 Å². The molecule has 2 amide bonds. The molecule has 1 heterocycles. The maximum atomic E-state index is 12.5. The third kappa shape index (κ3) is 5.49. The molecular weight excluding hydrogens is 302 g/mol. The average Bonchev–Trinajstić information content (AvgIpc) is 2.44. The molecule has 5 heteroatoms. The Morgan fingerprint density at radius 3 is 2.33 bits per heavy atom. The molecule has 5 nitrogen and oxygen atoms in total. The highest BCUT2D eigenvalue weighted by atomic mass is 16.3. The number of hydrogen-bond acceptors (Lipinski definition) is 3. The molecular formula is C19H31N3O2. The monoisotopic (exact) mass is 333 g/mol. The molecule has 1 fully saturated rings. The second-order valence-electron chi connectivity index (χ2n) is 8.09. The number of nitrogens with one attached hydrogen (secondary N) is 3. The van der Waals surface area contributed by atoms with Crippen molar-refractivity contribution in [2.75, 3.05) is 6.61 Å². The summed E-state index contributed by atoms with van der Waals surface area (Å²) in [5.41, 5.74) is 0.987. The van der Waals surface area contributed by atoms with Crippen LogP contribution in [0.1, 0.15) is 58.6 Å². The Morgan fingerprint density at radius 2 is 1.79 bits per heavy atom. The van der Waals surface area contributed by atoms with Crippen LogP contribution >= 0.6 is 0 Å². The molecule has 0 unspecified atom stereocenters. The smallest absolute Gasteiger partial charge is 0.315 e. The van der Waals surface area contributed by atoms with Gasteiger partial charge in [0.05, 0.1) is 6.04 Å². The van der Waals surface area contributed by atoms with Crippen LogP contribution in [0.5, 0.6) is 0 Å². The maximum Gasteiger partial charge on any atom is 0.315 e. The highest BCUT2D eigenvalue weighted by Crippen LogP contribution is 2.28. The van der Waals surface area contributed by atoms with Crippen LogP contribution in [0, 0.1) is 0 Å². The minimum Gasteiger partial charge on any atom is -0.396 e. The van der Waals surface area contributed by atoms with E-state index in [2.05, 4.69) is 43.6 Å². The van der Waals surface area contributed by atoms with E-state index in [1.54, 1.807) is 0 Å². The lowest BCUT2D eigenvalue weighted by molar-refractivity contribution is 0.146. The Balaban J connectivity index is 1.98. The Bertz CT molecular complexity index is 527. The molecule has 1 aromatic carbocycles. The van der Waals surface area contributed by atoms with Gasteiger partial charge in [0.25, 0.3) is 0 Å². The van der Waals surface area contributed by atoms with Crippen molar-refractivity contribution in [1.82, 2.24) is 16.0 Å². The Hall–Kier alpha value is -1.59. The van der Waals surface area contributed by atoms with Gasteiger partial charge in [-0.15, -0.1) is 0 Å². The van der Waals surface area contributed by atoms with Gasteiger partial charge in [0.2, 0.25) is 0 Å². The lowest BCUT2D eigenvalue weighted by atomic mass is 9.80. The summed E-state index contributed by atoms with van der Waals surface area (Å²) >= 11 is 0. The van der Waals surface area contributed by atoms with E-state index in [1.807, 2.05) is 30.3 Å². The summed E-state index contributed by atoms with van der Waals surface area (Å²) in [7, 11) is 0. The molecule has 1 atom stereocenters. The number of carbonyl (C=O) groups excluding carboxylic acids is 1. The van der Waals surface area contributed by atoms with Crippen molar-refractivity contribution in [2.24, 2.45) is 0 Å².